The number of nitrogens with zero attached hydrogens (tertiary/aromatic N) is 2. The molecule has 0 saturated heterocycles. The van der Waals surface area contributed by atoms with Crippen molar-refractivity contribution in [3.05, 3.63) is 94.8 Å². The molecule has 2 heteroatoms. The summed E-state index contributed by atoms with van der Waals surface area (Å²) in [5.74, 6) is 0. The normalized spacial score (nSPS) is 17.9. The van der Waals surface area contributed by atoms with Gasteiger partial charge >= 0.3 is 0 Å². The van der Waals surface area contributed by atoms with E-state index in [-0.39, 0.29) is 5.41 Å². The Morgan fingerprint density at radius 1 is 0.929 bits per heavy atom. The van der Waals surface area contributed by atoms with Crippen LogP contribution in [0, 0.1) is 6.92 Å². The maximum Gasteiger partial charge on any atom is 0.0759 e. The predicted octanol–water partition coefficient (Wildman–Crippen LogP) is 6.09. The van der Waals surface area contributed by atoms with Gasteiger partial charge in [0.25, 0.3) is 0 Å². The van der Waals surface area contributed by atoms with E-state index in [0.717, 1.165) is 19.6 Å². The number of aromatic nitrogens is 1. The molecule has 2 nitrogen and oxygen atoms in total. The Bertz CT molecular complexity index is 928. The molecule has 28 heavy (non-hydrogen) atoms. The Hall–Kier alpha value is -2.32. The molecule has 0 fully saturated rings. The second-order valence-electron chi connectivity index (χ2n) is 9.21. The van der Waals surface area contributed by atoms with E-state index >= 15 is 0 Å². The molecule has 1 aromatic heterocycles. The van der Waals surface area contributed by atoms with Gasteiger partial charge in [-0.15, -0.1) is 0 Å². The molecule has 3 aromatic rings. The molecule has 1 aliphatic heterocycles. The first kappa shape index (κ1) is 19.0. The highest BCUT2D eigenvalue weighted by molar-refractivity contribution is 5.33. The van der Waals surface area contributed by atoms with Crippen molar-refractivity contribution in [1.29, 1.82) is 0 Å². The average molecular weight is 373 g/mol. The van der Waals surface area contributed by atoms with Gasteiger partial charge in [-0.05, 0) is 47.6 Å². The van der Waals surface area contributed by atoms with Crippen molar-refractivity contribution in [2.24, 2.45) is 0 Å². The number of fused-ring (bicyclic) bond motifs is 1. The first-order chi connectivity index (χ1) is 13.4. The SMILES string of the molecule is Cc1cccc([C@@H]2c3cccn3CCCN2Cc2ccc(C(C)(C)C)cc2)c1. The predicted molar refractivity (Wildman–Crippen MR) is 118 cm³/mol. The molecule has 4 rings (SSSR count). The lowest BCUT2D eigenvalue weighted by molar-refractivity contribution is 0.220. The zero-order chi connectivity index (χ0) is 19.7. The largest absolute Gasteiger partial charge is 0.350 e. The average Bonchev–Trinajstić information content (AvgIpc) is 3.03. The van der Waals surface area contributed by atoms with Gasteiger partial charge in [0.1, 0.15) is 0 Å². The molecule has 0 bridgehead atoms. The van der Waals surface area contributed by atoms with Crippen molar-refractivity contribution in [2.75, 3.05) is 6.54 Å². The van der Waals surface area contributed by atoms with Crippen LogP contribution >= 0.6 is 0 Å². The minimum absolute atomic E-state index is 0.200. The first-order valence-electron chi connectivity index (χ1n) is 10.5. The van der Waals surface area contributed by atoms with Crippen LogP contribution in [0.5, 0.6) is 0 Å². The van der Waals surface area contributed by atoms with Gasteiger partial charge in [-0.3, -0.25) is 4.90 Å². The Morgan fingerprint density at radius 3 is 2.43 bits per heavy atom. The number of benzene rings is 2. The van der Waals surface area contributed by atoms with E-state index in [9.17, 15) is 0 Å². The zero-order valence-electron chi connectivity index (χ0n) is 17.7. The number of hydrogen-bond donors (Lipinski definition) is 0. The van der Waals surface area contributed by atoms with Crippen LogP contribution in [0.4, 0.5) is 0 Å². The summed E-state index contributed by atoms with van der Waals surface area (Å²) in [5, 5.41) is 0. The second-order valence-corrected chi connectivity index (χ2v) is 9.21. The lowest BCUT2D eigenvalue weighted by Gasteiger charge is -2.31. The van der Waals surface area contributed by atoms with Crippen LogP contribution in [-0.2, 0) is 18.5 Å². The van der Waals surface area contributed by atoms with Crippen LogP contribution in [0.15, 0.2) is 66.9 Å². The standard InChI is InChI=1S/C26H32N2/c1-20-8-5-9-22(18-20)25-24-10-6-15-27(24)16-7-17-28(25)19-21-11-13-23(14-12-21)26(2,3)4/h5-6,8-15,18,25H,7,16-17,19H2,1-4H3/t25-/m1/s1. The Kier molecular flexibility index (Phi) is 5.16. The van der Waals surface area contributed by atoms with Crippen molar-refractivity contribution in [3.8, 4) is 0 Å². The topological polar surface area (TPSA) is 8.17 Å². The highest BCUT2D eigenvalue weighted by Gasteiger charge is 2.27. The van der Waals surface area contributed by atoms with Crippen molar-refractivity contribution >= 4 is 0 Å². The van der Waals surface area contributed by atoms with Crippen molar-refractivity contribution in [3.63, 3.8) is 0 Å². The van der Waals surface area contributed by atoms with Crippen LogP contribution in [0.3, 0.4) is 0 Å². The fourth-order valence-electron chi connectivity index (χ4n) is 4.38. The molecule has 2 aromatic carbocycles. The summed E-state index contributed by atoms with van der Waals surface area (Å²) in [6.07, 6.45) is 3.42. The molecule has 0 spiro atoms. The molecule has 0 N–H and O–H groups in total. The van der Waals surface area contributed by atoms with Gasteiger partial charge in [0.05, 0.1) is 6.04 Å². The van der Waals surface area contributed by atoms with E-state index in [0.29, 0.717) is 6.04 Å². The maximum absolute atomic E-state index is 2.65. The minimum atomic E-state index is 0.200. The van der Waals surface area contributed by atoms with Gasteiger partial charge in [-0.25, -0.2) is 0 Å². The fraction of sp³-hybridized carbons (Fsp3) is 0.385. The summed E-state index contributed by atoms with van der Waals surface area (Å²) >= 11 is 0. The molecule has 146 valence electrons. The second kappa shape index (κ2) is 7.60. The molecule has 2 heterocycles. The smallest absolute Gasteiger partial charge is 0.0759 e. The third-order valence-corrected chi connectivity index (χ3v) is 5.92. The molecule has 0 saturated carbocycles. The minimum Gasteiger partial charge on any atom is -0.350 e. The van der Waals surface area contributed by atoms with Gasteiger partial charge in [-0.2, -0.15) is 0 Å². The van der Waals surface area contributed by atoms with E-state index in [2.05, 4.69) is 104 Å². The van der Waals surface area contributed by atoms with Gasteiger partial charge in [0.15, 0.2) is 0 Å². The highest BCUT2D eigenvalue weighted by Crippen LogP contribution is 2.33. The number of hydrogen-bond acceptors (Lipinski definition) is 1. The molecule has 1 atom stereocenters. The summed E-state index contributed by atoms with van der Waals surface area (Å²) in [6.45, 7) is 12.2. The third-order valence-electron chi connectivity index (χ3n) is 5.92. The lowest BCUT2D eigenvalue weighted by Crippen LogP contribution is -2.29. The molecule has 0 amide bonds. The molecule has 0 radical (unpaired) electrons. The Labute approximate surface area is 169 Å². The number of rotatable bonds is 3. The van der Waals surface area contributed by atoms with Crippen molar-refractivity contribution in [1.82, 2.24) is 9.47 Å². The van der Waals surface area contributed by atoms with Crippen LogP contribution in [0.2, 0.25) is 0 Å². The fourth-order valence-corrected chi connectivity index (χ4v) is 4.38. The Morgan fingerprint density at radius 2 is 1.71 bits per heavy atom. The summed E-state index contributed by atoms with van der Waals surface area (Å²) in [7, 11) is 0. The summed E-state index contributed by atoms with van der Waals surface area (Å²) < 4.78 is 2.44. The highest BCUT2D eigenvalue weighted by atomic mass is 15.2. The van der Waals surface area contributed by atoms with Gasteiger partial charge in [-0.1, -0.05) is 74.9 Å². The van der Waals surface area contributed by atoms with E-state index in [1.165, 1.54) is 34.4 Å². The molecule has 0 unspecified atom stereocenters. The van der Waals surface area contributed by atoms with Crippen LogP contribution in [-0.4, -0.2) is 16.0 Å². The first-order valence-corrected chi connectivity index (χ1v) is 10.5. The third kappa shape index (κ3) is 3.93. The van der Waals surface area contributed by atoms with E-state index < -0.39 is 0 Å². The van der Waals surface area contributed by atoms with Crippen molar-refractivity contribution < 1.29 is 0 Å². The van der Waals surface area contributed by atoms with Gasteiger partial charge < -0.3 is 4.57 Å². The Balaban J connectivity index is 1.68. The summed E-state index contributed by atoms with van der Waals surface area (Å²) in [4.78, 5) is 2.65. The molecular weight excluding hydrogens is 340 g/mol. The van der Waals surface area contributed by atoms with Crippen LogP contribution in [0.1, 0.15) is 61.2 Å². The lowest BCUT2D eigenvalue weighted by atomic mass is 9.86. The zero-order valence-corrected chi connectivity index (χ0v) is 17.7. The van der Waals surface area contributed by atoms with Crippen LogP contribution in [0.25, 0.3) is 0 Å². The number of aryl methyl sites for hydroxylation is 2. The van der Waals surface area contributed by atoms with Crippen molar-refractivity contribution in [2.45, 2.75) is 58.7 Å². The molecule has 1 aliphatic rings. The monoisotopic (exact) mass is 372 g/mol. The van der Waals surface area contributed by atoms with E-state index in [1.54, 1.807) is 0 Å². The van der Waals surface area contributed by atoms with Gasteiger partial charge in [0, 0.05) is 31.5 Å². The van der Waals surface area contributed by atoms with E-state index in [4.69, 9.17) is 0 Å². The summed E-state index contributed by atoms with van der Waals surface area (Å²) in [6, 6.07) is 23.1. The molecular formula is C26H32N2. The molecule has 0 aliphatic carbocycles. The maximum atomic E-state index is 2.65. The quantitative estimate of drug-likeness (QED) is 0.540. The van der Waals surface area contributed by atoms with E-state index in [1.807, 2.05) is 0 Å². The van der Waals surface area contributed by atoms with Crippen LogP contribution < -0.4 is 0 Å². The van der Waals surface area contributed by atoms with Gasteiger partial charge in [0.2, 0.25) is 0 Å². The summed E-state index contributed by atoms with van der Waals surface area (Å²) in [5.41, 5.74) is 7.13.